The van der Waals surface area contributed by atoms with Crippen molar-refractivity contribution in [3.63, 3.8) is 0 Å². The van der Waals surface area contributed by atoms with Crippen LogP contribution in [0.1, 0.15) is 21.6 Å². The third-order valence-electron chi connectivity index (χ3n) is 2.56. The molecule has 0 atom stereocenters. The molecule has 6 heteroatoms. The zero-order valence-electron chi connectivity index (χ0n) is 9.48. The molecule has 0 aliphatic carbocycles. The smallest absolute Gasteiger partial charge is 0.269 e. The zero-order valence-corrected chi connectivity index (χ0v) is 10.2. The Kier molecular flexibility index (Phi) is 3.96. The summed E-state index contributed by atoms with van der Waals surface area (Å²) in [5, 5.41) is 12.4. The van der Waals surface area contributed by atoms with Gasteiger partial charge in [0.25, 0.3) is 5.91 Å². The number of nitrogens with zero attached hydrogens (tertiary/aromatic N) is 1. The highest BCUT2D eigenvalue weighted by atomic mass is 35.5. The minimum absolute atomic E-state index is 0.158. The Morgan fingerprint density at radius 2 is 2.33 bits per heavy atom. The summed E-state index contributed by atoms with van der Waals surface area (Å²) in [6.07, 6.45) is 2.88. The predicted octanol–water partition coefficient (Wildman–Crippen LogP) is 1.49. The summed E-state index contributed by atoms with van der Waals surface area (Å²) in [5.74, 6) is -0.253. The highest BCUT2D eigenvalue weighted by Gasteiger charge is 2.09. The van der Waals surface area contributed by atoms with Crippen molar-refractivity contribution < 1.29 is 9.90 Å². The fraction of sp³-hybridized carbons (Fsp3) is 0.167. The van der Waals surface area contributed by atoms with Gasteiger partial charge in [0, 0.05) is 17.1 Å². The Bertz CT molecular complexity index is 540. The second kappa shape index (κ2) is 5.66. The number of halogens is 1. The number of hydrogen-bond donors (Lipinski definition) is 3. The number of imidazole rings is 1. The van der Waals surface area contributed by atoms with Gasteiger partial charge in [-0.3, -0.25) is 4.79 Å². The molecule has 0 radical (unpaired) electrons. The molecule has 0 saturated carbocycles. The number of aromatic nitrogens is 2. The molecule has 3 N–H and O–H groups in total. The Hall–Kier alpha value is -1.85. The molecular formula is C12H12ClN3O2. The van der Waals surface area contributed by atoms with Crippen LogP contribution in [-0.4, -0.2) is 21.0 Å². The summed E-state index contributed by atoms with van der Waals surface area (Å²) in [4.78, 5) is 18.2. The maximum absolute atomic E-state index is 11.7. The number of rotatable bonds is 4. The van der Waals surface area contributed by atoms with Gasteiger partial charge >= 0.3 is 0 Å². The van der Waals surface area contributed by atoms with Gasteiger partial charge in [-0.25, -0.2) is 4.98 Å². The molecule has 0 fully saturated rings. The van der Waals surface area contributed by atoms with E-state index < -0.39 is 0 Å². The minimum atomic E-state index is -0.253. The molecule has 1 aromatic carbocycles. The summed E-state index contributed by atoms with van der Waals surface area (Å²) < 4.78 is 0. The molecular weight excluding hydrogens is 254 g/mol. The van der Waals surface area contributed by atoms with E-state index in [2.05, 4.69) is 15.3 Å². The molecule has 94 valence electrons. The van der Waals surface area contributed by atoms with Gasteiger partial charge < -0.3 is 15.4 Å². The molecule has 0 aliphatic heterocycles. The first-order valence-corrected chi connectivity index (χ1v) is 5.74. The van der Waals surface area contributed by atoms with Crippen molar-refractivity contribution >= 4 is 17.5 Å². The van der Waals surface area contributed by atoms with E-state index >= 15 is 0 Å². The van der Waals surface area contributed by atoms with Crippen LogP contribution in [0.3, 0.4) is 0 Å². The summed E-state index contributed by atoms with van der Waals surface area (Å²) >= 11 is 5.96. The van der Waals surface area contributed by atoms with Gasteiger partial charge in [-0.15, -0.1) is 0 Å². The lowest BCUT2D eigenvalue weighted by molar-refractivity contribution is 0.0946. The molecule has 2 aromatic rings. The van der Waals surface area contributed by atoms with E-state index in [1.807, 2.05) is 6.07 Å². The van der Waals surface area contributed by atoms with E-state index in [0.29, 0.717) is 22.8 Å². The van der Waals surface area contributed by atoms with E-state index in [4.69, 9.17) is 11.6 Å². The maximum atomic E-state index is 11.7. The van der Waals surface area contributed by atoms with Crippen molar-refractivity contribution in [1.82, 2.24) is 15.3 Å². The first-order chi connectivity index (χ1) is 8.72. The number of aromatic amines is 1. The normalized spacial score (nSPS) is 10.3. The van der Waals surface area contributed by atoms with Crippen LogP contribution in [0.4, 0.5) is 0 Å². The number of aliphatic hydroxyl groups is 1. The third kappa shape index (κ3) is 2.69. The summed E-state index contributed by atoms with van der Waals surface area (Å²) in [5.41, 5.74) is 1.81. The monoisotopic (exact) mass is 265 g/mol. The Morgan fingerprint density at radius 1 is 1.50 bits per heavy atom. The fourth-order valence-electron chi connectivity index (χ4n) is 1.60. The molecule has 0 spiro atoms. The van der Waals surface area contributed by atoms with Crippen LogP contribution in [0.2, 0.25) is 5.02 Å². The topological polar surface area (TPSA) is 78.0 Å². The van der Waals surface area contributed by atoms with Crippen molar-refractivity contribution in [1.29, 1.82) is 0 Å². The van der Waals surface area contributed by atoms with Gasteiger partial charge in [0.1, 0.15) is 5.69 Å². The molecule has 1 amide bonds. The second-order valence-electron chi connectivity index (χ2n) is 3.68. The van der Waals surface area contributed by atoms with Crippen molar-refractivity contribution in [2.75, 3.05) is 0 Å². The molecule has 1 aromatic heterocycles. The van der Waals surface area contributed by atoms with E-state index in [9.17, 15) is 9.90 Å². The van der Waals surface area contributed by atoms with Crippen LogP contribution in [0.25, 0.3) is 0 Å². The third-order valence-corrected chi connectivity index (χ3v) is 2.91. The van der Waals surface area contributed by atoms with Gasteiger partial charge in [0.2, 0.25) is 0 Å². The fourth-order valence-corrected chi connectivity index (χ4v) is 1.85. The Balaban J connectivity index is 2.07. The van der Waals surface area contributed by atoms with E-state index in [1.54, 1.807) is 12.1 Å². The summed E-state index contributed by atoms with van der Waals surface area (Å²) in [7, 11) is 0. The summed E-state index contributed by atoms with van der Waals surface area (Å²) in [6, 6.07) is 5.29. The first-order valence-electron chi connectivity index (χ1n) is 5.36. The predicted molar refractivity (Wildman–Crippen MR) is 67.1 cm³/mol. The molecule has 0 saturated heterocycles. The molecule has 0 bridgehead atoms. The standard InChI is InChI=1S/C12H12ClN3O2/c13-10-3-1-2-8(9(10)6-17)4-15-12(18)11-5-14-7-16-11/h1-3,5,7,17H,4,6H2,(H,14,16)(H,15,18). The number of benzene rings is 1. The number of hydrogen-bond acceptors (Lipinski definition) is 3. The molecule has 5 nitrogen and oxygen atoms in total. The number of aliphatic hydroxyl groups excluding tert-OH is 1. The maximum Gasteiger partial charge on any atom is 0.269 e. The van der Waals surface area contributed by atoms with Crippen molar-refractivity contribution in [2.45, 2.75) is 13.2 Å². The quantitative estimate of drug-likeness (QED) is 0.784. The van der Waals surface area contributed by atoms with Crippen LogP contribution in [0.15, 0.2) is 30.7 Å². The first kappa shape index (κ1) is 12.6. The number of nitrogens with one attached hydrogen (secondary N) is 2. The average Bonchev–Trinajstić information content (AvgIpc) is 2.90. The molecule has 0 unspecified atom stereocenters. The van der Waals surface area contributed by atoms with E-state index in [-0.39, 0.29) is 12.5 Å². The number of H-pyrrole nitrogens is 1. The van der Waals surface area contributed by atoms with Gasteiger partial charge in [0.05, 0.1) is 19.1 Å². The number of amides is 1. The average molecular weight is 266 g/mol. The lowest BCUT2D eigenvalue weighted by atomic mass is 10.1. The van der Waals surface area contributed by atoms with E-state index in [0.717, 1.165) is 5.56 Å². The SMILES string of the molecule is O=C(NCc1cccc(Cl)c1CO)c1cnc[nH]1. The zero-order chi connectivity index (χ0) is 13.0. The summed E-state index contributed by atoms with van der Waals surface area (Å²) in [6.45, 7) is 0.142. The lowest BCUT2D eigenvalue weighted by Crippen LogP contribution is -2.23. The molecule has 18 heavy (non-hydrogen) atoms. The van der Waals surface area contributed by atoms with Crippen molar-refractivity contribution in [3.8, 4) is 0 Å². The van der Waals surface area contributed by atoms with Crippen LogP contribution >= 0.6 is 11.6 Å². The molecule has 1 heterocycles. The Morgan fingerprint density at radius 3 is 3.00 bits per heavy atom. The van der Waals surface area contributed by atoms with Gasteiger partial charge in [0.15, 0.2) is 0 Å². The van der Waals surface area contributed by atoms with Gasteiger partial charge in [-0.05, 0) is 11.6 Å². The van der Waals surface area contributed by atoms with Gasteiger partial charge in [-0.2, -0.15) is 0 Å². The highest BCUT2D eigenvalue weighted by molar-refractivity contribution is 6.31. The van der Waals surface area contributed by atoms with E-state index in [1.165, 1.54) is 12.5 Å². The number of carbonyl (C=O) groups excluding carboxylic acids is 1. The lowest BCUT2D eigenvalue weighted by Gasteiger charge is -2.09. The molecule has 0 aliphatic rings. The van der Waals surface area contributed by atoms with Crippen LogP contribution in [0, 0.1) is 0 Å². The highest BCUT2D eigenvalue weighted by Crippen LogP contribution is 2.19. The molecule has 2 rings (SSSR count). The van der Waals surface area contributed by atoms with Crippen LogP contribution < -0.4 is 5.32 Å². The van der Waals surface area contributed by atoms with Crippen LogP contribution in [-0.2, 0) is 13.2 Å². The van der Waals surface area contributed by atoms with Crippen molar-refractivity contribution in [3.05, 3.63) is 52.6 Å². The second-order valence-corrected chi connectivity index (χ2v) is 4.09. The minimum Gasteiger partial charge on any atom is -0.392 e. The largest absolute Gasteiger partial charge is 0.392 e. The van der Waals surface area contributed by atoms with Crippen LogP contribution in [0.5, 0.6) is 0 Å². The number of carbonyl (C=O) groups is 1. The Labute approximate surface area is 109 Å². The van der Waals surface area contributed by atoms with Gasteiger partial charge in [-0.1, -0.05) is 23.7 Å². The van der Waals surface area contributed by atoms with Crippen molar-refractivity contribution in [2.24, 2.45) is 0 Å².